The molecule has 0 saturated carbocycles. The summed E-state index contributed by atoms with van der Waals surface area (Å²) in [4.78, 5) is 25.5. The Morgan fingerprint density at radius 3 is 2.07 bits per heavy atom. The first-order valence-corrected chi connectivity index (χ1v) is 14.5. The molecule has 0 aliphatic carbocycles. The van der Waals surface area contributed by atoms with Gasteiger partial charge in [0, 0.05) is 30.2 Å². The zero-order chi connectivity index (χ0) is 30.6. The Kier molecular flexibility index (Phi) is 12.3. The van der Waals surface area contributed by atoms with Crippen molar-refractivity contribution in [2.24, 2.45) is 0 Å². The fourth-order valence-electron chi connectivity index (χ4n) is 3.71. The van der Waals surface area contributed by atoms with E-state index < -0.39 is 11.7 Å². The minimum Gasteiger partial charge on any atom is -0.444 e. The van der Waals surface area contributed by atoms with E-state index in [1.807, 2.05) is 57.2 Å². The van der Waals surface area contributed by atoms with E-state index in [1.165, 1.54) is 5.56 Å². The lowest BCUT2D eigenvalue weighted by Crippen LogP contribution is -2.34. The van der Waals surface area contributed by atoms with Crippen LogP contribution < -0.4 is 16.0 Å². The maximum atomic E-state index is 11.6. The molecule has 0 aliphatic heterocycles. The van der Waals surface area contributed by atoms with Crippen molar-refractivity contribution in [1.29, 1.82) is 0 Å². The molecule has 3 aromatic rings. The number of carbonyl (C=O) groups excluding carboxylic acids is 1. The molecule has 0 saturated heterocycles. The number of nitrogens with zero attached hydrogens (tertiary/aromatic N) is 3. The number of amides is 1. The van der Waals surface area contributed by atoms with Crippen molar-refractivity contribution in [2.45, 2.75) is 59.1 Å². The highest BCUT2D eigenvalue weighted by molar-refractivity contribution is 6.30. The zero-order valence-electron chi connectivity index (χ0n) is 25.4. The molecule has 0 fully saturated rings. The van der Waals surface area contributed by atoms with E-state index in [4.69, 9.17) is 25.8 Å². The van der Waals surface area contributed by atoms with Crippen LogP contribution in [0.15, 0.2) is 48.5 Å². The van der Waals surface area contributed by atoms with E-state index in [0.717, 1.165) is 11.1 Å². The summed E-state index contributed by atoms with van der Waals surface area (Å²) in [5.74, 6) is 1.47. The van der Waals surface area contributed by atoms with Crippen molar-refractivity contribution in [1.82, 2.24) is 20.3 Å². The Morgan fingerprint density at radius 1 is 0.810 bits per heavy atom. The van der Waals surface area contributed by atoms with Crippen molar-refractivity contribution in [3.05, 3.63) is 64.7 Å². The fourth-order valence-corrected chi connectivity index (χ4v) is 3.92. The predicted octanol–water partition coefficient (Wildman–Crippen LogP) is 6.07. The SMILES string of the molecule is CC(C)(C)OC(=O)NCCOCCOCCNc1nc(NCc2cccc(Cl)c2)nc(-c2ccc(C(C)(C)C)cc2)n1. The largest absolute Gasteiger partial charge is 0.444 e. The number of hydrogen-bond donors (Lipinski definition) is 3. The number of carbonyl (C=O) groups is 1. The normalized spacial score (nSPS) is 11.7. The van der Waals surface area contributed by atoms with Crippen molar-refractivity contribution in [2.75, 3.05) is 50.2 Å². The highest BCUT2D eigenvalue weighted by Crippen LogP contribution is 2.25. The number of hydrogen-bond acceptors (Lipinski definition) is 9. The third kappa shape index (κ3) is 12.2. The average molecular weight is 599 g/mol. The molecule has 0 aliphatic rings. The molecule has 1 aromatic heterocycles. The van der Waals surface area contributed by atoms with E-state index >= 15 is 0 Å². The maximum absolute atomic E-state index is 11.6. The first-order valence-electron chi connectivity index (χ1n) is 14.1. The van der Waals surface area contributed by atoms with Gasteiger partial charge in [0.15, 0.2) is 5.82 Å². The lowest BCUT2D eigenvalue weighted by molar-refractivity contribution is 0.0415. The summed E-state index contributed by atoms with van der Waals surface area (Å²) in [5, 5.41) is 9.84. The lowest BCUT2D eigenvalue weighted by Gasteiger charge is -2.19. The minimum atomic E-state index is -0.525. The summed E-state index contributed by atoms with van der Waals surface area (Å²) in [6.07, 6.45) is -0.459. The van der Waals surface area contributed by atoms with E-state index in [-0.39, 0.29) is 5.41 Å². The van der Waals surface area contributed by atoms with E-state index in [1.54, 1.807) is 0 Å². The molecule has 0 radical (unpaired) electrons. The number of alkyl carbamates (subject to hydrolysis) is 1. The third-order valence-electron chi connectivity index (χ3n) is 5.80. The molecule has 0 atom stereocenters. The summed E-state index contributed by atoms with van der Waals surface area (Å²) in [6, 6.07) is 15.9. The van der Waals surface area contributed by atoms with Gasteiger partial charge in [-0.15, -0.1) is 0 Å². The summed E-state index contributed by atoms with van der Waals surface area (Å²) in [5.41, 5.74) is 2.68. The molecular weight excluding hydrogens is 556 g/mol. The van der Waals surface area contributed by atoms with Gasteiger partial charge in [0.25, 0.3) is 0 Å². The molecular formula is C31H43ClN6O4. The van der Waals surface area contributed by atoms with Gasteiger partial charge < -0.3 is 30.2 Å². The van der Waals surface area contributed by atoms with Gasteiger partial charge in [-0.3, -0.25) is 0 Å². The smallest absolute Gasteiger partial charge is 0.407 e. The number of halogens is 1. The van der Waals surface area contributed by atoms with Gasteiger partial charge in [0.05, 0.1) is 26.4 Å². The molecule has 1 amide bonds. The predicted molar refractivity (Wildman–Crippen MR) is 167 cm³/mol. The van der Waals surface area contributed by atoms with E-state index in [2.05, 4.69) is 63.8 Å². The lowest BCUT2D eigenvalue weighted by atomic mass is 9.87. The van der Waals surface area contributed by atoms with E-state index in [9.17, 15) is 4.79 Å². The van der Waals surface area contributed by atoms with Gasteiger partial charge in [-0.2, -0.15) is 15.0 Å². The van der Waals surface area contributed by atoms with Crippen LogP contribution >= 0.6 is 11.6 Å². The Morgan fingerprint density at radius 2 is 1.45 bits per heavy atom. The highest BCUT2D eigenvalue weighted by atomic mass is 35.5. The van der Waals surface area contributed by atoms with Crippen molar-refractivity contribution in [3.63, 3.8) is 0 Å². The summed E-state index contributed by atoms with van der Waals surface area (Å²) in [7, 11) is 0. The molecule has 0 bridgehead atoms. The van der Waals surface area contributed by atoms with E-state index in [0.29, 0.717) is 68.8 Å². The van der Waals surface area contributed by atoms with Crippen LogP contribution in [0.5, 0.6) is 0 Å². The molecule has 3 rings (SSSR count). The summed E-state index contributed by atoms with van der Waals surface area (Å²) in [6.45, 7) is 15.0. The zero-order valence-corrected chi connectivity index (χ0v) is 26.2. The van der Waals surface area contributed by atoms with Crippen molar-refractivity contribution in [3.8, 4) is 11.4 Å². The second-order valence-corrected chi connectivity index (χ2v) is 12.1. The molecule has 1 heterocycles. The molecule has 10 nitrogen and oxygen atoms in total. The van der Waals surface area contributed by atoms with Gasteiger partial charge in [0.1, 0.15) is 5.60 Å². The monoisotopic (exact) mass is 598 g/mol. The molecule has 228 valence electrons. The Bertz CT molecular complexity index is 1280. The first kappa shape index (κ1) is 33.0. The fraction of sp³-hybridized carbons (Fsp3) is 0.484. The van der Waals surface area contributed by atoms with Gasteiger partial charge in [-0.25, -0.2) is 4.79 Å². The average Bonchev–Trinajstić information content (AvgIpc) is 2.91. The van der Waals surface area contributed by atoms with Crippen LogP contribution in [0.1, 0.15) is 52.7 Å². The second-order valence-electron chi connectivity index (χ2n) is 11.7. The second kappa shape index (κ2) is 15.7. The molecule has 0 unspecified atom stereocenters. The van der Waals surface area contributed by atoms with Crippen LogP contribution in [0.4, 0.5) is 16.7 Å². The molecule has 42 heavy (non-hydrogen) atoms. The quantitative estimate of drug-likeness (QED) is 0.190. The highest BCUT2D eigenvalue weighted by Gasteiger charge is 2.16. The van der Waals surface area contributed by atoms with Crippen LogP contribution in [0.3, 0.4) is 0 Å². The van der Waals surface area contributed by atoms with Gasteiger partial charge in [0.2, 0.25) is 11.9 Å². The number of nitrogens with one attached hydrogen (secondary N) is 3. The third-order valence-corrected chi connectivity index (χ3v) is 6.04. The van der Waals surface area contributed by atoms with Crippen LogP contribution in [-0.4, -0.2) is 66.2 Å². The van der Waals surface area contributed by atoms with Crippen molar-refractivity contribution >= 4 is 29.6 Å². The summed E-state index contributed by atoms with van der Waals surface area (Å²) >= 11 is 6.14. The number of benzene rings is 2. The topological polar surface area (TPSA) is 120 Å². The molecule has 3 N–H and O–H groups in total. The van der Waals surface area contributed by atoms with Crippen LogP contribution in [0, 0.1) is 0 Å². The van der Waals surface area contributed by atoms with Crippen LogP contribution in [0.2, 0.25) is 5.02 Å². The number of ether oxygens (including phenoxy) is 3. The first-order chi connectivity index (χ1) is 19.9. The van der Waals surface area contributed by atoms with Crippen LogP contribution in [-0.2, 0) is 26.2 Å². The minimum absolute atomic E-state index is 0.0516. The number of rotatable bonds is 14. The standard InChI is InChI=1S/C31H43ClN6O4/c1-30(2,3)24-12-10-23(11-13-24)26-36-27(38-28(37-26)35-21-22-8-7-9-25(32)20-22)33-14-16-40-18-19-41-17-15-34-29(39)42-31(4,5)6/h7-13,20H,14-19,21H2,1-6H3,(H,34,39)(H2,33,35,36,37,38). The van der Waals surface area contributed by atoms with Crippen molar-refractivity contribution < 1.29 is 19.0 Å². The van der Waals surface area contributed by atoms with Gasteiger partial charge >= 0.3 is 6.09 Å². The van der Waals surface area contributed by atoms with Crippen LogP contribution in [0.25, 0.3) is 11.4 Å². The Labute approximate surface area is 253 Å². The van der Waals surface area contributed by atoms with Gasteiger partial charge in [-0.05, 0) is 49.4 Å². The Hall–Kier alpha value is -3.47. The molecule has 2 aromatic carbocycles. The number of aromatic nitrogens is 3. The maximum Gasteiger partial charge on any atom is 0.407 e. The molecule has 0 spiro atoms. The molecule has 11 heteroatoms. The van der Waals surface area contributed by atoms with Gasteiger partial charge in [-0.1, -0.05) is 68.8 Å². The summed E-state index contributed by atoms with van der Waals surface area (Å²) < 4.78 is 16.3. The number of anilines is 2. The Balaban J connectivity index is 1.50.